The van der Waals surface area contributed by atoms with Gasteiger partial charge in [-0.1, -0.05) is 47.5 Å². The zero-order valence-corrected chi connectivity index (χ0v) is 19.3. The van der Waals surface area contributed by atoms with Crippen LogP contribution in [0.3, 0.4) is 0 Å². The van der Waals surface area contributed by atoms with Gasteiger partial charge in [-0.15, -0.1) is 5.10 Å². The molecule has 3 aromatic rings. The fourth-order valence-corrected chi connectivity index (χ4v) is 4.13. The molecule has 1 N–H and O–H groups in total. The molecule has 7 heteroatoms. The lowest BCUT2D eigenvalue weighted by atomic mass is 10.0. The van der Waals surface area contributed by atoms with Crippen molar-refractivity contribution in [2.45, 2.75) is 33.7 Å². The van der Waals surface area contributed by atoms with E-state index in [2.05, 4.69) is 64.6 Å². The van der Waals surface area contributed by atoms with Crippen molar-refractivity contribution in [3.8, 4) is 5.69 Å². The zero-order valence-electron chi connectivity index (χ0n) is 19.3. The van der Waals surface area contributed by atoms with Gasteiger partial charge in [0.1, 0.15) is 0 Å². The van der Waals surface area contributed by atoms with Gasteiger partial charge < -0.3 is 10.1 Å². The summed E-state index contributed by atoms with van der Waals surface area (Å²) in [6, 6.07) is 14.7. The Morgan fingerprint density at radius 2 is 1.69 bits per heavy atom. The molecule has 32 heavy (non-hydrogen) atoms. The first-order chi connectivity index (χ1) is 15.4. The third-order valence-corrected chi connectivity index (χ3v) is 5.97. The number of nitrogens with zero attached hydrogens (tertiary/aromatic N) is 4. The predicted molar refractivity (Wildman–Crippen MR) is 124 cm³/mol. The lowest BCUT2D eigenvalue weighted by molar-refractivity contribution is 0.0162. The number of morpholine rings is 1. The summed E-state index contributed by atoms with van der Waals surface area (Å²) in [7, 11) is 0. The van der Waals surface area contributed by atoms with Crippen LogP contribution in [0.4, 0.5) is 0 Å². The van der Waals surface area contributed by atoms with Crippen LogP contribution in [0.15, 0.2) is 42.5 Å². The van der Waals surface area contributed by atoms with E-state index >= 15 is 0 Å². The van der Waals surface area contributed by atoms with Gasteiger partial charge >= 0.3 is 0 Å². The van der Waals surface area contributed by atoms with Gasteiger partial charge in [0.2, 0.25) is 0 Å². The molecule has 4 rings (SSSR count). The summed E-state index contributed by atoms with van der Waals surface area (Å²) in [5.74, 6) is -0.205. The minimum Gasteiger partial charge on any atom is -0.379 e. The maximum absolute atomic E-state index is 13.1. The summed E-state index contributed by atoms with van der Waals surface area (Å²) >= 11 is 0. The smallest absolute Gasteiger partial charge is 0.273 e. The zero-order chi connectivity index (χ0) is 22.7. The highest BCUT2D eigenvalue weighted by atomic mass is 16.5. The number of amides is 1. The van der Waals surface area contributed by atoms with Gasteiger partial charge in [-0.2, -0.15) is 9.90 Å². The predicted octanol–water partition coefficient (Wildman–Crippen LogP) is 3.30. The molecule has 2 heterocycles. The number of aryl methyl sites for hydroxylation is 4. The molecule has 1 aromatic heterocycles. The number of rotatable bonds is 6. The molecule has 1 amide bonds. The first-order valence-corrected chi connectivity index (χ1v) is 11.1. The highest BCUT2D eigenvalue weighted by molar-refractivity contribution is 5.93. The molecule has 0 radical (unpaired) electrons. The highest BCUT2D eigenvalue weighted by Gasteiger charge is 2.25. The molecule has 7 nitrogen and oxygen atoms in total. The second-order valence-corrected chi connectivity index (χ2v) is 8.50. The molecule has 0 bridgehead atoms. The fourth-order valence-electron chi connectivity index (χ4n) is 4.13. The van der Waals surface area contributed by atoms with Crippen molar-refractivity contribution in [2.75, 3.05) is 32.8 Å². The minimum atomic E-state index is -0.205. The van der Waals surface area contributed by atoms with Gasteiger partial charge in [0.25, 0.3) is 5.91 Å². The van der Waals surface area contributed by atoms with E-state index in [9.17, 15) is 4.79 Å². The molecule has 2 aromatic carbocycles. The van der Waals surface area contributed by atoms with Gasteiger partial charge in [-0.05, 0) is 44.9 Å². The molecule has 0 saturated carbocycles. The first-order valence-electron chi connectivity index (χ1n) is 11.1. The largest absolute Gasteiger partial charge is 0.379 e. The Bertz CT molecular complexity index is 1080. The van der Waals surface area contributed by atoms with Crippen molar-refractivity contribution in [1.82, 2.24) is 25.2 Å². The monoisotopic (exact) mass is 433 g/mol. The summed E-state index contributed by atoms with van der Waals surface area (Å²) in [6.45, 7) is 11.6. The van der Waals surface area contributed by atoms with E-state index in [1.165, 1.54) is 16.7 Å². The van der Waals surface area contributed by atoms with Crippen molar-refractivity contribution >= 4 is 5.91 Å². The number of carbonyl (C=O) groups excluding carboxylic acids is 1. The van der Waals surface area contributed by atoms with Gasteiger partial charge in [-0.25, -0.2) is 0 Å². The third kappa shape index (κ3) is 4.89. The Balaban J connectivity index is 1.52. The fraction of sp³-hybridized carbons (Fsp3) is 0.400. The van der Waals surface area contributed by atoms with Crippen molar-refractivity contribution < 1.29 is 9.53 Å². The average molecular weight is 434 g/mol. The van der Waals surface area contributed by atoms with Crippen LogP contribution in [0, 0.1) is 27.7 Å². The van der Waals surface area contributed by atoms with Crippen LogP contribution in [0.2, 0.25) is 0 Å². The van der Waals surface area contributed by atoms with Crippen LogP contribution >= 0.6 is 0 Å². The lowest BCUT2D eigenvalue weighted by Gasteiger charge is -2.35. The second kappa shape index (κ2) is 9.63. The van der Waals surface area contributed by atoms with Gasteiger partial charge in [0.15, 0.2) is 5.69 Å². The maximum atomic E-state index is 13.1. The van der Waals surface area contributed by atoms with Crippen molar-refractivity contribution in [3.05, 3.63) is 76.1 Å². The van der Waals surface area contributed by atoms with E-state index in [-0.39, 0.29) is 11.9 Å². The number of ether oxygens (including phenoxy) is 1. The average Bonchev–Trinajstić information content (AvgIpc) is 3.17. The van der Waals surface area contributed by atoms with Crippen molar-refractivity contribution in [3.63, 3.8) is 0 Å². The summed E-state index contributed by atoms with van der Waals surface area (Å²) in [5.41, 5.74) is 6.50. The van der Waals surface area contributed by atoms with Crippen LogP contribution < -0.4 is 5.32 Å². The normalized spacial score (nSPS) is 15.5. The van der Waals surface area contributed by atoms with E-state index in [0.717, 1.165) is 24.3 Å². The Kier molecular flexibility index (Phi) is 6.67. The Morgan fingerprint density at radius 1 is 1.00 bits per heavy atom. The van der Waals surface area contributed by atoms with E-state index in [0.29, 0.717) is 31.1 Å². The minimum absolute atomic E-state index is 0.0816. The highest BCUT2D eigenvalue weighted by Crippen LogP contribution is 2.22. The molecule has 1 atom stereocenters. The van der Waals surface area contributed by atoms with Crippen molar-refractivity contribution in [1.29, 1.82) is 0 Å². The molecule has 0 aliphatic carbocycles. The van der Waals surface area contributed by atoms with Gasteiger partial charge in [0, 0.05) is 19.6 Å². The van der Waals surface area contributed by atoms with E-state index < -0.39 is 0 Å². The molecule has 1 saturated heterocycles. The number of hydrogen-bond acceptors (Lipinski definition) is 5. The molecule has 1 aliphatic rings. The Hall–Kier alpha value is -3.03. The van der Waals surface area contributed by atoms with Crippen LogP contribution in [0.1, 0.15) is 44.5 Å². The van der Waals surface area contributed by atoms with Gasteiger partial charge in [0.05, 0.1) is 30.6 Å². The number of nitrogens with one attached hydrogen (secondary N) is 1. The number of carbonyl (C=O) groups is 1. The molecule has 1 fully saturated rings. The van der Waals surface area contributed by atoms with Gasteiger partial charge in [-0.3, -0.25) is 9.69 Å². The molecule has 1 aliphatic heterocycles. The number of benzene rings is 2. The first kappa shape index (κ1) is 22.2. The van der Waals surface area contributed by atoms with Crippen LogP contribution in [0.25, 0.3) is 5.69 Å². The SMILES string of the molecule is Cc1ccc(C(CNC(=O)c2nn(-c3ccc(C)cc3C)nc2C)N2CCOCC2)cc1. The summed E-state index contributed by atoms with van der Waals surface area (Å²) in [5, 5.41) is 12.1. The Morgan fingerprint density at radius 3 is 2.38 bits per heavy atom. The third-order valence-electron chi connectivity index (χ3n) is 5.97. The second-order valence-electron chi connectivity index (χ2n) is 8.50. The van der Waals surface area contributed by atoms with E-state index in [1.807, 2.05) is 26.0 Å². The quantitative estimate of drug-likeness (QED) is 0.646. The molecular formula is C25H31N5O2. The maximum Gasteiger partial charge on any atom is 0.273 e. The van der Waals surface area contributed by atoms with E-state index in [4.69, 9.17) is 4.74 Å². The molecule has 1 unspecified atom stereocenters. The number of aromatic nitrogens is 3. The summed E-state index contributed by atoms with van der Waals surface area (Å²) in [4.78, 5) is 17.0. The Labute approximate surface area is 189 Å². The standard InChI is InChI=1S/C25H31N5O2/c1-17-5-8-21(9-6-17)23(29-11-13-32-14-12-29)16-26-25(31)24-20(4)27-30(28-24)22-10-7-18(2)15-19(22)3/h5-10,15,23H,11-14,16H2,1-4H3,(H,26,31). The van der Waals surface area contributed by atoms with Crippen LogP contribution in [-0.2, 0) is 4.74 Å². The van der Waals surface area contributed by atoms with Crippen molar-refractivity contribution in [2.24, 2.45) is 0 Å². The van der Waals surface area contributed by atoms with E-state index in [1.54, 1.807) is 4.80 Å². The number of hydrogen-bond donors (Lipinski definition) is 1. The summed E-state index contributed by atoms with van der Waals surface area (Å²) < 4.78 is 5.53. The summed E-state index contributed by atoms with van der Waals surface area (Å²) in [6.07, 6.45) is 0. The molecular weight excluding hydrogens is 402 g/mol. The lowest BCUT2D eigenvalue weighted by Crippen LogP contribution is -2.44. The van der Waals surface area contributed by atoms with Crippen LogP contribution in [-0.4, -0.2) is 58.6 Å². The molecule has 168 valence electrons. The molecule has 0 spiro atoms. The van der Waals surface area contributed by atoms with Crippen LogP contribution in [0.5, 0.6) is 0 Å². The topological polar surface area (TPSA) is 72.3 Å².